The van der Waals surface area contributed by atoms with Crippen molar-refractivity contribution < 1.29 is 18.8 Å². The molecule has 3 heterocycles. The SMILES string of the molecule is O=C(Nc1ccccc1)[C@H]1[C@H](C(=O)c2ccc(F)cc2)[C@]2(C(=O)Nc3ccccc32)[C@H]2C=Cc3ccccc3N12. The first-order valence-corrected chi connectivity index (χ1v) is 13.1. The smallest absolute Gasteiger partial charge is 0.247 e. The molecule has 3 aliphatic rings. The van der Waals surface area contributed by atoms with E-state index in [1.54, 1.807) is 12.1 Å². The van der Waals surface area contributed by atoms with Crippen molar-refractivity contribution in [1.82, 2.24) is 0 Å². The lowest BCUT2D eigenvalue weighted by Crippen LogP contribution is -2.51. The van der Waals surface area contributed by atoms with Gasteiger partial charge in [0.15, 0.2) is 5.78 Å². The maximum absolute atomic E-state index is 14.6. The van der Waals surface area contributed by atoms with Crippen molar-refractivity contribution in [2.75, 3.05) is 15.5 Å². The summed E-state index contributed by atoms with van der Waals surface area (Å²) in [5, 5.41) is 5.99. The van der Waals surface area contributed by atoms with E-state index in [0.29, 0.717) is 16.9 Å². The molecule has 0 saturated carbocycles. The first kappa shape index (κ1) is 24.0. The van der Waals surface area contributed by atoms with Crippen LogP contribution in [0.15, 0.2) is 109 Å². The number of rotatable bonds is 4. The fourth-order valence-corrected chi connectivity index (χ4v) is 6.65. The molecule has 1 saturated heterocycles. The molecule has 4 atom stereocenters. The van der Waals surface area contributed by atoms with Crippen molar-refractivity contribution in [2.24, 2.45) is 5.92 Å². The van der Waals surface area contributed by atoms with Gasteiger partial charge in [0, 0.05) is 22.6 Å². The minimum atomic E-state index is -1.41. The third-order valence-electron chi connectivity index (χ3n) is 8.26. The molecule has 1 fully saturated rings. The van der Waals surface area contributed by atoms with E-state index in [1.165, 1.54) is 24.3 Å². The molecule has 0 aliphatic carbocycles. The Morgan fingerprint density at radius 3 is 2.35 bits per heavy atom. The van der Waals surface area contributed by atoms with Crippen LogP contribution in [-0.4, -0.2) is 29.7 Å². The number of hydrogen-bond donors (Lipinski definition) is 2. The summed E-state index contributed by atoms with van der Waals surface area (Å²) in [7, 11) is 0. The van der Waals surface area contributed by atoms with E-state index in [9.17, 15) is 18.8 Å². The monoisotopic (exact) mass is 529 g/mol. The molecule has 0 bridgehead atoms. The molecule has 0 aromatic heterocycles. The summed E-state index contributed by atoms with van der Waals surface area (Å²) in [6.45, 7) is 0. The molecule has 1 spiro atoms. The first-order chi connectivity index (χ1) is 19.5. The van der Waals surface area contributed by atoms with Crippen molar-refractivity contribution in [1.29, 1.82) is 0 Å². The molecule has 6 nitrogen and oxygen atoms in total. The Morgan fingerprint density at radius 1 is 0.850 bits per heavy atom. The molecule has 3 aliphatic heterocycles. The van der Waals surface area contributed by atoms with Crippen molar-refractivity contribution in [3.8, 4) is 0 Å². The van der Waals surface area contributed by atoms with Crippen LogP contribution in [0.25, 0.3) is 6.08 Å². The van der Waals surface area contributed by atoms with Crippen molar-refractivity contribution in [3.63, 3.8) is 0 Å². The first-order valence-electron chi connectivity index (χ1n) is 13.1. The van der Waals surface area contributed by atoms with Crippen LogP contribution in [-0.2, 0) is 15.0 Å². The number of para-hydroxylation sites is 3. The molecule has 196 valence electrons. The van der Waals surface area contributed by atoms with Crippen molar-refractivity contribution >= 4 is 40.7 Å². The predicted octanol–water partition coefficient (Wildman–Crippen LogP) is 5.44. The van der Waals surface area contributed by atoms with E-state index in [-0.39, 0.29) is 11.5 Å². The van der Waals surface area contributed by atoms with E-state index in [1.807, 2.05) is 83.8 Å². The zero-order chi connectivity index (χ0) is 27.4. The summed E-state index contributed by atoms with van der Waals surface area (Å²) in [6, 6.07) is 27.6. The molecule has 0 unspecified atom stereocenters. The molecular formula is C33H24FN3O3. The summed E-state index contributed by atoms with van der Waals surface area (Å²) in [5.74, 6) is -2.75. The van der Waals surface area contributed by atoms with Gasteiger partial charge < -0.3 is 15.5 Å². The summed E-state index contributed by atoms with van der Waals surface area (Å²) < 4.78 is 13.9. The molecule has 40 heavy (non-hydrogen) atoms. The van der Waals surface area contributed by atoms with Crippen molar-refractivity contribution in [2.45, 2.75) is 17.5 Å². The van der Waals surface area contributed by atoms with Gasteiger partial charge in [0.05, 0.1) is 12.0 Å². The third-order valence-corrected chi connectivity index (χ3v) is 8.26. The normalized spacial score (nSPS) is 23.8. The Hall–Kier alpha value is -5.04. The van der Waals surface area contributed by atoms with E-state index < -0.39 is 40.9 Å². The van der Waals surface area contributed by atoms with Crippen LogP contribution in [0.5, 0.6) is 0 Å². The fraction of sp³-hybridized carbons (Fsp3) is 0.121. The highest BCUT2D eigenvalue weighted by Crippen LogP contribution is 2.57. The number of benzene rings is 4. The number of hydrogen-bond acceptors (Lipinski definition) is 4. The van der Waals surface area contributed by atoms with E-state index >= 15 is 0 Å². The Kier molecular flexibility index (Phi) is 5.42. The summed E-state index contributed by atoms with van der Waals surface area (Å²) in [5.41, 5.74) is 2.31. The maximum atomic E-state index is 14.6. The Morgan fingerprint density at radius 2 is 1.55 bits per heavy atom. The Bertz CT molecular complexity index is 1700. The van der Waals surface area contributed by atoms with Gasteiger partial charge in [-0.25, -0.2) is 4.39 Å². The molecule has 4 aromatic rings. The number of Topliss-reactive ketones (excluding diaryl/α,β-unsaturated/α-hetero) is 1. The molecular weight excluding hydrogens is 505 g/mol. The average Bonchev–Trinajstić information content (AvgIpc) is 3.46. The van der Waals surface area contributed by atoms with Crippen LogP contribution in [0.1, 0.15) is 21.5 Å². The minimum absolute atomic E-state index is 0.234. The highest BCUT2D eigenvalue weighted by atomic mass is 19.1. The maximum Gasteiger partial charge on any atom is 0.247 e. The van der Waals surface area contributed by atoms with Gasteiger partial charge in [0.2, 0.25) is 11.8 Å². The van der Waals surface area contributed by atoms with Gasteiger partial charge in [-0.05, 0) is 59.7 Å². The second kappa shape index (κ2) is 9.02. The average molecular weight is 530 g/mol. The van der Waals surface area contributed by atoms with Crippen LogP contribution in [0, 0.1) is 11.7 Å². The zero-order valence-electron chi connectivity index (χ0n) is 21.3. The number of amides is 2. The van der Waals surface area contributed by atoms with Gasteiger partial charge in [0.1, 0.15) is 17.3 Å². The molecule has 7 heteroatoms. The van der Waals surface area contributed by atoms with Crippen LogP contribution in [0.4, 0.5) is 21.5 Å². The standard InChI is InChI=1S/C33H24FN3O3/c34-22-17-14-21(15-18-22)30(38)28-29(31(39)35-23-9-2-1-3-10-23)37-26-13-7-4-8-20(26)16-19-27(37)33(28)24-11-5-6-12-25(24)36-32(33)40/h1-19,27-29H,(H,35,39)(H,36,40)/t27-,28-,29-,33-/m1/s1. The van der Waals surface area contributed by atoms with Crippen LogP contribution < -0.4 is 15.5 Å². The number of ketones is 1. The molecule has 4 aromatic carbocycles. The third kappa shape index (κ3) is 3.37. The molecule has 7 rings (SSSR count). The van der Waals surface area contributed by atoms with Crippen LogP contribution >= 0.6 is 0 Å². The predicted molar refractivity (Wildman–Crippen MR) is 152 cm³/mol. The van der Waals surface area contributed by atoms with Crippen molar-refractivity contribution in [3.05, 3.63) is 132 Å². The zero-order valence-corrected chi connectivity index (χ0v) is 21.3. The van der Waals surface area contributed by atoms with Gasteiger partial charge in [-0.15, -0.1) is 0 Å². The van der Waals surface area contributed by atoms with Gasteiger partial charge >= 0.3 is 0 Å². The Balaban J connectivity index is 1.49. The highest BCUT2D eigenvalue weighted by molar-refractivity contribution is 6.17. The molecule has 2 N–H and O–H groups in total. The lowest BCUT2D eigenvalue weighted by molar-refractivity contribution is -0.122. The number of fused-ring (bicyclic) bond motifs is 6. The van der Waals surface area contributed by atoms with Gasteiger partial charge in [-0.1, -0.05) is 66.7 Å². The second-order valence-corrected chi connectivity index (χ2v) is 10.3. The van der Waals surface area contributed by atoms with E-state index in [2.05, 4.69) is 10.6 Å². The number of carbonyl (C=O) groups excluding carboxylic acids is 3. The number of halogens is 1. The number of anilines is 3. The number of nitrogens with one attached hydrogen (secondary N) is 2. The van der Waals surface area contributed by atoms with Gasteiger partial charge in [-0.2, -0.15) is 0 Å². The summed E-state index contributed by atoms with van der Waals surface area (Å²) in [4.78, 5) is 45.0. The number of nitrogens with zero attached hydrogens (tertiary/aromatic N) is 1. The second-order valence-electron chi connectivity index (χ2n) is 10.3. The Labute approximate surface area is 230 Å². The van der Waals surface area contributed by atoms with Gasteiger partial charge in [-0.3, -0.25) is 14.4 Å². The summed E-state index contributed by atoms with van der Waals surface area (Å²) >= 11 is 0. The topological polar surface area (TPSA) is 78.5 Å². The lowest BCUT2D eigenvalue weighted by Gasteiger charge is -2.37. The van der Waals surface area contributed by atoms with Gasteiger partial charge in [0.25, 0.3) is 0 Å². The quantitative estimate of drug-likeness (QED) is 0.345. The van der Waals surface area contributed by atoms with E-state index in [0.717, 1.165) is 11.3 Å². The number of carbonyl (C=O) groups is 3. The molecule has 0 radical (unpaired) electrons. The lowest BCUT2D eigenvalue weighted by atomic mass is 9.64. The van der Waals surface area contributed by atoms with Crippen LogP contribution in [0.2, 0.25) is 0 Å². The van der Waals surface area contributed by atoms with E-state index in [4.69, 9.17) is 0 Å². The minimum Gasteiger partial charge on any atom is -0.350 e. The largest absolute Gasteiger partial charge is 0.350 e. The fourth-order valence-electron chi connectivity index (χ4n) is 6.65. The highest BCUT2D eigenvalue weighted by Gasteiger charge is 2.70. The molecule has 2 amide bonds. The van der Waals surface area contributed by atoms with Crippen LogP contribution in [0.3, 0.4) is 0 Å². The summed E-state index contributed by atoms with van der Waals surface area (Å²) in [6.07, 6.45) is 3.87.